The zero-order valence-corrected chi connectivity index (χ0v) is 10.9. The summed E-state index contributed by atoms with van der Waals surface area (Å²) in [5.41, 5.74) is 14.1. The van der Waals surface area contributed by atoms with Gasteiger partial charge in [0.1, 0.15) is 11.3 Å². The highest BCUT2D eigenvalue weighted by Gasteiger charge is 2.20. The van der Waals surface area contributed by atoms with Gasteiger partial charge in [0.25, 0.3) is 5.91 Å². The molecule has 4 N–H and O–H groups in total. The fourth-order valence-corrected chi connectivity index (χ4v) is 2.35. The number of aromatic nitrogens is 1. The van der Waals surface area contributed by atoms with Crippen molar-refractivity contribution in [2.75, 3.05) is 5.73 Å². The molecule has 0 saturated heterocycles. The number of ether oxygens (including phenoxy) is 1. The monoisotopic (exact) mass is 269 g/mol. The number of fused-ring (bicyclic) bond motifs is 1. The molecular weight excluding hydrogens is 254 g/mol. The van der Waals surface area contributed by atoms with Crippen molar-refractivity contribution in [2.24, 2.45) is 5.73 Å². The molecular formula is C15H15N3O2. The number of carbonyl (C=O) groups excluding carboxylic acids is 1. The molecule has 0 atom stereocenters. The second-order valence-corrected chi connectivity index (χ2v) is 4.84. The quantitative estimate of drug-likeness (QED) is 0.834. The minimum absolute atomic E-state index is 0.267. The van der Waals surface area contributed by atoms with E-state index in [9.17, 15) is 4.79 Å². The van der Waals surface area contributed by atoms with E-state index in [0.29, 0.717) is 17.0 Å². The third-order valence-corrected chi connectivity index (χ3v) is 3.38. The molecule has 102 valence electrons. The number of aryl methyl sites for hydroxylation is 2. The number of rotatable bonds is 3. The highest BCUT2D eigenvalue weighted by Crippen LogP contribution is 2.29. The average molecular weight is 269 g/mol. The molecule has 1 heterocycles. The Morgan fingerprint density at radius 2 is 1.95 bits per heavy atom. The summed E-state index contributed by atoms with van der Waals surface area (Å²) in [5, 5.41) is 0. The molecule has 5 nitrogen and oxygen atoms in total. The van der Waals surface area contributed by atoms with Crippen molar-refractivity contribution in [3.63, 3.8) is 0 Å². The maximum absolute atomic E-state index is 11.5. The lowest BCUT2D eigenvalue weighted by atomic mass is 10.1. The van der Waals surface area contributed by atoms with Gasteiger partial charge in [-0.3, -0.25) is 4.79 Å². The fraction of sp³-hybridized carbons (Fsp3) is 0.200. The number of amides is 1. The Kier molecular flexibility index (Phi) is 3.02. The summed E-state index contributed by atoms with van der Waals surface area (Å²) < 4.78 is 5.68. The zero-order valence-electron chi connectivity index (χ0n) is 10.9. The highest BCUT2D eigenvalue weighted by atomic mass is 16.5. The van der Waals surface area contributed by atoms with Crippen LogP contribution in [0.5, 0.6) is 11.6 Å². The van der Waals surface area contributed by atoms with Gasteiger partial charge in [0.2, 0.25) is 5.88 Å². The Morgan fingerprint density at radius 1 is 1.20 bits per heavy atom. The standard InChI is InChI=1S/C15H15N3O2/c16-10-4-6-11(7-5-10)20-15-12(14(17)19)8-9-2-1-3-13(9)18-15/h4-8H,1-3,16H2,(H2,17,19). The Hall–Kier alpha value is -2.56. The normalized spacial score (nSPS) is 13.0. The number of hydrogen-bond acceptors (Lipinski definition) is 4. The largest absolute Gasteiger partial charge is 0.438 e. The minimum atomic E-state index is -0.530. The number of nitrogens with zero attached hydrogens (tertiary/aromatic N) is 1. The summed E-state index contributed by atoms with van der Waals surface area (Å²) >= 11 is 0. The van der Waals surface area contributed by atoms with Gasteiger partial charge in [0, 0.05) is 11.4 Å². The first-order valence-corrected chi connectivity index (χ1v) is 6.49. The van der Waals surface area contributed by atoms with E-state index in [2.05, 4.69) is 4.98 Å². The summed E-state index contributed by atoms with van der Waals surface area (Å²) in [5.74, 6) is 0.313. The zero-order chi connectivity index (χ0) is 14.1. The summed E-state index contributed by atoms with van der Waals surface area (Å²) in [7, 11) is 0. The van der Waals surface area contributed by atoms with Gasteiger partial charge in [-0.1, -0.05) is 0 Å². The number of nitrogen functional groups attached to an aromatic ring is 1. The fourth-order valence-electron chi connectivity index (χ4n) is 2.35. The van der Waals surface area contributed by atoms with Crippen molar-refractivity contribution in [3.05, 3.63) is 47.2 Å². The smallest absolute Gasteiger partial charge is 0.254 e. The molecule has 1 aromatic carbocycles. The number of pyridine rings is 1. The minimum Gasteiger partial charge on any atom is -0.438 e. The molecule has 1 amide bonds. The molecule has 1 aromatic heterocycles. The van der Waals surface area contributed by atoms with Crippen LogP contribution in [0.25, 0.3) is 0 Å². The van der Waals surface area contributed by atoms with Crippen molar-refractivity contribution in [3.8, 4) is 11.6 Å². The Balaban J connectivity index is 1.99. The third kappa shape index (κ3) is 2.30. The lowest BCUT2D eigenvalue weighted by Gasteiger charge is -2.10. The Labute approximate surface area is 116 Å². The van der Waals surface area contributed by atoms with Crippen LogP contribution in [0, 0.1) is 0 Å². The molecule has 0 saturated carbocycles. The second kappa shape index (κ2) is 4.85. The van der Waals surface area contributed by atoms with Crippen LogP contribution in [0.2, 0.25) is 0 Å². The maximum Gasteiger partial charge on any atom is 0.254 e. The highest BCUT2D eigenvalue weighted by molar-refractivity contribution is 5.95. The molecule has 0 aliphatic heterocycles. The van der Waals surface area contributed by atoms with E-state index in [1.807, 2.05) is 0 Å². The lowest BCUT2D eigenvalue weighted by molar-refractivity contribution is 0.0997. The lowest BCUT2D eigenvalue weighted by Crippen LogP contribution is -2.14. The molecule has 0 spiro atoms. The topological polar surface area (TPSA) is 91.2 Å². The van der Waals surface area contributed by atoms with Crippen LogP contribution in [0.1, 0.15) is 28.0 Å². The van der Waals surface area contributed by atoms with Gasteiger partial charge in [0.15, 0.2) is 0 Å². The summed E-state index contributed by atoms with van der Waals surface area (Å²) in [6, 6.07) is 8.72. The molecule has 1 aliphatic rings. The van der Waals surface area contributed by atoms with Crippen molar-refractivity contribution in [2.45, 2.75) is 19.3 Å². The summed E-state index contributed by atoms with van der Waals surface area (Å²) in [6.45, 7) is 0. The van der Waals surface area contributed by atoms with E-state index in [0.717, 1.165) is 30.5 Å². The van der Waals surface area contributed by atoms with Crippen LogP contribution < -0.4 is 16.2 Å². The number of nitrogens with two attached hydrogens (primary N) is 2. The third-order valence-electron chi connectivity index (χ3n) is 3.38. The van der Waals surface area contributed by atoms with Gasteiger partial charge in [-0.15, -0.1) is 0 Å². The van der Waals surface area contributed by atoms with Gasteiger partial charge < -0.3 is 16.2 Å². The maximum atomic E-state index is 11.5. The van der Waals surface area contributed by atoms with Crippen LogP contribution in [-0.4, -0.2) is 10.9 Å². The SMILES string of the molecule is NC(=O)c1cc2c(nc1Oc1ccc(N)cc1)CCC2. The number of carbonyl (C=O) groups is 1. The predicted molar refractivity (Wildman–Crippen MR) is 75.7 cm³/mol. The van der Waals surface area contributed by atoms with Gasteiger partial charge in [0.05, 0.1) is 0 Å². The molecule has 1 aliphatic carbocycles. The van der Waals surface area contributed by atoms with Crippen LogP contribution >= 0.6 is 0 Å². The number of anilines is 1. The van der Waals surface area contributed by atoms with Crippen molar-refractivity contribution >= 4 is 11.6 Å². The van der Waals surface area contributed by atoms with Gasteiger partial charge >= 0.3 is 0 Å². The first-order valence-electron chi connectivity index (χ1n) is 6.49. The molecule has 0 fully saturated rings. The van der Waals surface area contributed by atoms with E-state index in [4.69, 9.17) is 16.2 Å². The van der Waals surface area contributed by atoms with Crippen molar-refractivity contribution in [1.82, 2.24) is 4.98 Å². The summed E-state index contributed by atoms with van der Waals surface area (Å²) in [4.78, 5) is 16.0. The van der Waals surface area contributed by atoms with Crippen LogP contribution in [0.15, 0.2) is 30.3 Å². The number of benzene rings is 1. The van der Waals surface area contributed by atoms with E-state index < -0.39 is 5.91 Å². The first-order chi connectivity index (χ1) is 9.63. The van der Waals surface area contributed by atoms with E-state index in [1.54, 1.807) is 30.3 Å². The Bertz CT molecular complexity index is 666. The molecule has 0 bridgehead atoms. The van der Waals surface area contributed by atoms with Gasteiger partial charge in [-0.25, -0.2) is 4.98 Å². The number of hydrogen-bond donors (Lipinski definition) is 2. The summed E-state index contributed by atoms with van der Waals surface area (Å²) in [6.07, 6.45) is 2.89. The second-order valence-electron chi connectivity index (χ2n) is 4.84. The molecule has 0 unspecified atom stereocenters. The van der Waals surface area contributed by atoms with Crippen LogP contribution in [0.4, 0.5) is 5.69 Å². The molecule has 2 aromatic rings. The Morgan fingerprint density at radius 3 is 2.65 bits per heavy atom. The van der Waals surface area contributed by atoms with Crippen LogP contribution in [0.3, 0.4) is 0 Å². The van der Waals surface area contributed by atoms with Gasteiger partial charge in [-0.2, -0.15) is 0 Å². The van der Waals surface area contributed by atoms with E-state index in [1.165, 1.54) is 0 Å². The first kappa shape index (κ1) is 12.5. The van der Waals surface area contributed by atoms with Crippen molar-refractivity contribution < 1.29 is 9.53 Å². The van der Waals surface area contributed by atoms with Crippen molar-refractivity contribution in [1.29, 1.82) is 0 Å². The van der Waals surface area contributed by atoms with E-state index in [-0.39, 0.29) is 5.88 Å². The molecule has 3 rings (SSSR count). The molecule has 0 radical (unpaired) electrons. The predicted octanol–water partition coefficient (Wildman–Crippen LogP) is 2.04. The number of primary amides is 1. The average Bonchev–Trinajstić information content (AvgIpc) is 2.87. The molecule has 5 heteroatoms. The van der Waals surface area contributed by atoms with Gasteiger partial charge in [-0.05, 0) is 55.2 Å². The van der Waals surface area contributed by atoms with Crippen LogP contribution in [-0.2, 0) is 12.8 Å². The molecule has 20 heavy (non-hydrogen) atoms. The van der Waals surface area contributed by atoms with E-state index >= 15 is 0 Å².